The van der Waals surface area contributed by atoms with Crippen molar-refractivity contribution < 1.29 is 14.6 Å². The topological polar surface area (TPSA) is 46.5 Å². The molecule has 0 saturated carbocycles. The van der Waals surface area contributed by atoms with Gasteiger partial charge in [0.2, 0.25) is 0 Å². The molecule has 0 radical (unpaired) electrons. The molecule has 0 heterocycles. The number of carbonyl (C=O) groups excluding carboxylic acids is 1. The minimum absolute atomic E-state index is 0.0140. The van der Waals surface area contributed by atoms with Crippen molar-refractivity contribution >= 4 is 5.78 Å². The highest BCUT2D eigenvalue weighted by Crippen LogP contribution is 2.20. The van der Waals surface area contributed by atoms with Gasteiger partial charge in [0, 0.05) is 6.42 Å². The number of para-hydroxylation sites is 1. The summed E-state index contributed by atoms with van der Waals surface area (Å²) in [6, 6.07) is 7.15. The molecule has 3 nitrogen and oxygen atoms in total. The second kappa shape index (κ2) is 5.66. The van der Waals surface area contributed by atoms with Crippen LogP contribution in [0.3, 0.4) is 0 Å². The Morgan fingerprint density at radius 1 is 1.38 bits per heavy atom. The summed E-state index contributed by atoms with van der Waals surface area (Å²) in [5, 5.41) is 9.23. The molecule has 0 bridgehead atoms. The number of aliphatic hydroxyl groups excluding tert-OH is 1. The number of rotatable bonds is 5. The monoisotopic (exact) mass is 222 g/mol. The van der Waals surface area contributed by atoms with E-state index in [2.05, 4.69) is 0 Å². The van der Waals surface area contributed by atoms with Gasteiger partial charge in [-0.15, -0.1) is 0 Å². The quantitative estimate of drug-likeness (QED) is 0.778. The molecule has 0 aliphatic rings. The highest BCUT2D eigenvalue weighted by atomic mass is 16.5. The third-order valence-electron chi connectivity index (χ3n) is 2.27. The van der Waals surface area contributed by atoms with E-state index in [1.165, 1.54) is 6.92 Å². The van der Waals surface area contributed by atoms with Gasteiger partial charge in [-0.2, -0.15) is 0 Å². The van der Waals surface area contributed by atoms with Gasteiger partial charge >= 0.3 is 0 Å². The normalized spacial score (nSPS) is 14.2. The molecule has 1 N–H and O–H groups in total. The molecular formula is C13H18O3. The van der Waals surface area contributed by atoms with E-state index in [9.17, 15) is 9.90 Å². The van der Waals surface area contributed by atoms with Crippen LogP contribution >= 0.6 is 0 Å². The number of aliphatic hydroxyl groups is 1. The van der Waals surface area contributed by atoms with Gasteiger partial charge in [0.1, 0.15) is 5.75 Å². The average Bonchev–Trinajstić information content (AvgIpc) is 2.16. The molecule has 1 aromatic carbocycles. The van der Waals surface area contributed by atoms with E-state index in [1.807, 2.05) is 19.1 Å². The standard InChI is InChI=1S/C13H18O3/c1-9(14)8-10(2)16-13-7-5-4-6-12(13)11(3)15/h4-7,9-10,14H,8H2,1-3H3/t9-,10-/m0/s1. The van der Waals surface area contributed by atoms with Crippen molar-refractivity contribution in [2.75, 3.05) is 0 Å². The van der Waals surface area contributed by atoms with Crippen LogP contribution in [0.2, 0.25) is 0 Å². The molecular weight excluding hydrogens is 204 g/mol. The van der Waals surface area contributed by atoms with E-state index in [4.69, 9.17) is 4.74 Å². The predicted octanol–water partition coefficient (Wildman–Crippen LogP) is 2.43. The molecule has 1 rings (SSSR count). The molecule has 0 spiro atoms. The fourth-order valence-electron chi connectivity index (χ4n) is 1.61. The maximum Gasteiger partial charge on any atom is 0.163 e. The number of hydrogen-bond donors (Lipinski definition) is 1. The van der Waals surface area contributed by atoms with Crippen LogP contribution in [0, 0.1) is 0 Å². The van der Waals surface area contributed by atoms with Crippen molar-refractivity contribution in [3.05, 3.63) is 29.8 Å². The molecule has 1 aromatic rings. The highest BCUT2D eigenvalue weighted by molar-refractivity contribution is 5.96. The van der Waals surface area contributed by atoms with Gasteiger partial charge in [0.05, 0.1) is 17.8 Å². The van der Waals surface area contributed by atoms with Crippen molar-refractivity contribution in [2.24, 2.45) is 0 Å². The van der Waals surface area contributed by atoms with Crippen LogP contribution in [0.1, 0.15) is 37.6 Å². The lowest BCUT2D eigenvalue weighted by Crippen LogP contribution is -2.19. The van der Waals surface area contributed by atoms with Crippen molar-refractivity contribution in [3.8, 4) is 5.75 Å². The second-order valence-corrected chi connectivity index (χ2v) is 4.07. The number of ketones is 1. The number of benzene rings is 1. The van der Waals surface area contributed by atoms with Crippen LogP contribution in [0.15, 0.2) is 24.3 Å². The number of ether oxygens (including phenoxy) is 1. The van der Waals surface area contributed by atoms with E-state index in [0.717, 1.165) is 0 Å². The molecule has 0 saturated heterocycles. The van der Waals surface area contributed by atoms with Crippen LogP contribution in [-0.2, 0) is 0 Å². The summed E-state index contributed by atoms with van der Waals surface area (Å²) in [5.41, 5.74) is 0.583. The summed E-state index contributed by atoms with van der Waals surface area (Å²) in [6.07, 6.45) is 0.0340. The Morgan fingerprint density at radius 3 is 2.56 bits per heavy atom. The molecule has 0 aliphatic carbocycles. The van der Waals surface area contributed by atoms with E-state index >= 15 is 0 Å². The van der Waals surface area contributed by atoms with Gasteiger partial charge in [-0.25, -0.2) is 0 Å². The number of carbonyl (C=O) groups is 1. The molecule has 0 fully saturated rings. The lowest BCUT2D eigenvalue weighted by atomic mass is 10.1. The SMILES string of the molecule is CC(=O)c1ccccc1O[C@@H](C)C[C@H](C)O. The first-order valence-electron chi connectivity index (χ1n) is 5.45. The van der Waals surface area contributed by atoms with Gasteiger partial charge in [-0.1, -0.05) is 12.1 Å². The Kier molecular flexibility index (Phi) is 4.50. The zero-order chi connectivity index (χ0) is 12.1. The Bertz CT molecular complexity index is 358. The van der Waals surface area contributed by atoms with Gasteiger partial charge in [-0.3, -0.25) is 4.79 Å². The maximum absolute atomic E-state index is 11.3. The molecule has 0 aliphatic heterocycles. The van der Waals surface area contributed by atoms with Crippen molar-refractivity contribution in [1.29, 1.82) is 0 Å². The molecule has 0 aromatic heterocycles. The van der Waals surface area contributed by atoms with E-state index in [-0.39, 0.29) is 11.9 Å². The summed E-state index contributed by atoms with van der Waals surface area (Å²) in [5.74, 6) is 0.572. The van der Waals surface area contributed by atoms with Crippen LogP contribution in [-0.4, -0.2) is 23.1 Å². The van der Waals surface area contributed by atoms with Crippen LogP contribution < -0.4 is 4.74 Å². The Hall–Kier alpha value is -1.35. The van der Waals surface area contributed by atoms with Crippen molar-refractivity contribution in [3.63, 3.8) is 0 Å². The molecule has 88 valence electrons. The second-order valence-electron chi connectivity index (χ2n) is 4.07. The minimum atomic E-state index is -0.403. The fraction of sp³-hybridized carbons (Fsp3) is 0.462. The van der Waals surface area contributed by atoms with E-state index < -0.39 is 6.10 Å². The largest absolute Gasteiger partial charge is 0.490 e. The summed E-state index contributed by atoms with van der Waals surface area (Å²) in [7, 11) is 0. The maximum atomic E-state index is 11.3. The summed E-state index contributed by atoms with van der Waals surface area (Å²) in [4.78, 5) is 11.3. The third kappa shape index (κ3) is 3.66. The van der Waals surface area contributed by atoms with E-state index in [0.29, 0.717) is 17.7 Å². The van der Waals surface area contributed by atoms with Crippen LogP contribution in [0.25, 0.3) is 0 Å². The number of Topliss-reactive ketones (excluding diaryl/α,β-unsaturated/α-hetero) is 1. The number of hydrogen-bond acceptors (Lipinski definition) is 3. The highest BCUT2D eigenvalue weighted by Gasteiger charge is 2.12. The Morgan fingerprint density at radius 2 is 2.00 bits per heavy atom. The van der Waals surface area contributed by atoms with E-state index in [1.54, 1.807) is 19.1 Å². The van der Waals surface area contributed by atoms with Gasteiger partial charge in [0.15, 0.2) is 5.78 Å². The zero-order valence-electron chi connectivity index (χ0n) is 9.93. The smallest absolute Gasteiger partial charge is 0.163 e. The first kappa shape index (κ1) is 12.7. The third-order valence-corrected chi connectivity index (χ3v) is 2.27. The molecule has 0 unspecified atom stereocenters. The van der Waals surface area contributed by atoms with Crippen molar-refractivity contribution in [1.82, 2.24) is 0 Å². The summed E-state index contributed by atoms with van der Waals surface area (Å²) in [6.45, 7) is 5.11. The summed E-state index contributed by atoms with van der Waals surface area (Å²) >= 11 is 0. The first-order chi connectivity index (χ1) is 7.50. The minimum Gasteiger partial charge on any atom is -0.490 e. The van der Waals surface area contributed by atoms with Crippen LogP contribution in [0.5, 0.6) is 5.75 Å². The van der Waals surface area contributed by atoms with Gasteiger partial charge in [-0.05, 0) is 32.9 Å². The Balaban J connectivity index is 2.76. The average molecular weight is 222 g/mol. The lowest BCUT2D eigenvalue weighted by molar-refractivity contribution is 0.0993. The molecule has 3 heteroatoms. The predicted molar refractivity (Wildman–Crippen MR) is 62.8 cm³/mol. The lowest BCUT2D eigenvalue weighted by Gasteiger charge is -2.17. The first-order valence-corrected chi connectivity index (χ1v) is 5.45. The summed E-state index contributed by atoms with van der Waals surface area (Å²) < 4.78 is 5.64. The zero-order valence-corrected chi connectivity index (χ0v) is 9.93. The molecule has 2 atom stereocenters. The van der Waals surface area contributed by atoms with Gasteiger partial charge in [0.25, 0.3) is 0 Å². The fourth-order valence-corrected chi connectivity index (χ4v) is 1.61. The van der Waals surface area contributed by atoms with Gasteiger partial charge < -0.3 is 9.84 Å². The van der Waals surface area contributed by atoms with Crippen LogP contribution in [0.4, 0.5) is 0 Å². The Labute approximate surface area is 96.1 Å². The molecule has 0 amide bonds. The van der Waals surface area contributed by atoms with Crippen molar-refractivity contribution in [2.45, 2.75) is 39.4 Å². The molecule has 16 heavy (non-hydrogen) atoms.